The zero-order valence-corrected chi connectivity index (χ0v) is 12.9. The molecule has 0 radical (unpaired) electrons. The van der Waals surface area contributed by atoms with E-state index in [9.17, 15) is 4.79 Å². The summed E-state index contributed by atoms with van der Waals surface area (Å²) in [5, 5.41) is 11.1. The summed E-state index contributed by atoms with van der Waals surface area (Å²) in [6.45, 7) is 1.66. The van der Waals surface area contributed by atoms with Gasteiger partial charge in [0.2, 0.25) is 0 Å². The van der Waals surface area contributed by atoms with Gasteiger partial charge < -0.3 is 4.90 Å². The standard InChI is InChI=1S/C16H16N4OS/c21-16-12-5-1-2-6-13(12)17-18-20(16)11-19-9-3-7-14(19)15-8-4-10-22-15/h1-2,4-6,8,10,14H,3,7,9,11H2/p+1/t14-/m0/s1. The molecule has 1 aliphatic rings. The van der Waals surface area contributed by atoms with Gasteiger partial charge in [-0.3, -0.25) is 4.79 Å². The van der Waals surface area contributed by atoms with Crippen molar-refractivity contribution in [2.24, 2.45) is 0 Å². The molecule has 0 amide bonds. The van der Waals surface area contributed by atoms with E-state index in [1.54, 1.807) is 11.3 Å². The first-order chi connectivity index (χ1) is 10.8. The highest BCUT2D eigenvalue weighted by Crippen LogP contribution is 2.23. The molecular weight excluding hydrogens is 296 g/mol. The van der Waals surface area contributed by atoms with E-state index in [0.717, 1.165) is 6.54 Å². The largest absolute Gasteiger partial charge is 0.309 e. The minimum absolute atomic E-state index is 0.0464. The van der Waals surface area contributed by atoms with Crippen LogP contribution in [0.4, 0.5) is 0 Å². The van der Waals surface area contributed by atoms with Gasteiger partial charge in [-0.05, 0) is 23.6 Å². The summed E-state index contributed by atoms with van der Waals surface area (Å²) in [6, 6.07) is 12.1. The second kappa shape index (κ2) is 5.62. The van der Waals surface area contributed by atoms with Gasteiger partial charge in [-0.15, -0.1) is 16.4 Å². The fraction of sp³-hybridized carbons (Fsp3) is 0.312. The molecule has 3 heterocycles. The van der Waals surface area contributed by atoms with Crippen LogP contribution in [-0.2, 0) is 6.67 Å². The van der Waals surface area contributed by atoms with E-state index >= 15 is 0 Å². The summed E-state index contributed by atoms with van der Waals surface area (Å²) in [7, 11) is 0. The summed E-state index contributed by atoms with van der Waals surface area (Å²) in [5.74, 6) is 0. The Kier molecular flexibility index (Phi) is 3.48. The second-order valence-corrected chi connectivity index (χ2v) is 6.67. The molecule has 1 unspecified atom stereocenters. The molecule has 112 valence electrons. The Hall–Kier alpha value is -2.05. The maximum atomic E-state index is 12.6. The number of hydrogen-bond donors (Lipinski definition) is 1. The number of nitrogens with zero attached hydrogens (tertiary/aromatic N) is 3. The van der Waals surface area contributed by atoms with Gasteiger partial charge in [0, 0.05) is 12.8 Å². The fourth-order valence-electron chi connectivity index (χ4n) is 3.25. The van der Waals surface area contributed by atoms with Gasteiger partial charge in [0.1, 0.15) is 11.6 Å². The van der Waals surface area contributed by atoms with Crippen LogP contribution in [0.25, 0.3) is 10.9 Å². The van der Waals surface area contributed by atoms with Gasteiger partial charge in [-0.2, -0.15) is 4.68 Å². The van der Waals surface area contributed by atoms with E-state index in [4.69, 9.17) is 0 Å². The molecule has 4 rings (SSSR count). The smallest absolute Gasteiger partial charge is 0.282 e. The predicted octanol–water partition coefficient (Wildman–Crippen LogP) is 1.23. The molecule has 1 saturated heterocycles. The Bertz CT molecular complexity index is 843. The van der Waals surface area contributed by atoms with Crippen molar-refractivity contribution in [1.29, 1.82) is 0 Å². The first-order valence-corrected chi connectivity index (χ1v) is 8.41. The van der Waals surface area contributed by atoms with Crippen LogP contribution in [-0.4, -0.2) is 21.5 Å². The predicted molar refractivity (Wildman–Crippen MR) is 85.9 cm³/mol. The number of thiophene rings is 1. The molecule has 22 heavy (non-hydrogen) atoms. The average molecular weight is 313 g/mol. The van der Waals surface area contributed by atoms with Gasteiger partial charge >= 0.3 is 0 Å². The lowest BCUT2D eigenvalue weighted by molar-refractivity contribution is -0.941. The van der Waals surface area contributed by atoms with Gasteiger partial charge in [0.15, 0.2) is 6.67 Å². The highest BCUT2D eigenvalue weighted by molar-refractivity contribution is 7.10. The van der Waals surface area contributed by atoms with E-state index in [1.807, 2.05) is 24.3 Å². The minimum Gasteiger partial charge on any atom is -0.309 e. The van der Waals surface area contributed by atoms with Crippen molar-refractivity contribution in [3.63, 3.8) is 0 Å². The minimum atomic E-state index is -0.0464. The van der Waals surface area contributed by atoms with Crippen molar-refractivity contribution in [3.05, 3.63) is 57.0 Å². The summed E-state index contributed by atoms with van der Waals surface area (Å²) >= 11 is 1.80. The van der Waals surface area contributed by atoms with Crippen LogP contribution in [0.1, 0.15) is 23.8 Å². The quantitative estimate of drug-likeness (QED) is 0.791. The van der Waals surface area contributed by atoms with E-state index in [2.05, 4.69) is 27.8 Å². The average Bonchev–Trinajstić information content (AvgIpc) is 3.21. The molecule has 1 aromatic carbocycles. The Morgan fingerprint density at radius 2 is 2.18 bits per heavy atom. The summed E-state index contributed by atoms with van der Waals surface area (Å²) < 4.78 is 1.52. The van der Waals surface area contributed by atoms with Crippen molar-refractivity contribution in [2.75, 3.05) is 6.54 Å². The van der Waals surface area contributed by atoms with Gasteiger partial charge in [0.25, 0.3) is 5.56 Å². The van der Waals surface area contributed by atoms with Crippen LogP contribution >= 0.6 is 11.3 Å². The van der Waals surface area contributed by atoms with Gasteiger partial charge in [-0.25, -0.2) is 0 Å². The van der Waals surface area contributed by atoms with E-state index in [0.29, 0.717) is 23.6 Å². The Morgan fingerprint density at radius 3 is 3.05 bits per heavy atom. The normalized spacial score (nSPS) is 21.5. The van der Waals surface area contributed by atoms with Crippen molar-refractivity contribution in [1.82, 2.24) is 15.0 Å². The lowest BCUT2D eigenvalue weighted by atomic mass is 10.2. The number of benzene rings is 1. The first-order valence-electron chi connectivity index (χ1n) is 7.53. The second-order valence-electron chi connectivity index (χ2n) is 5.69. The number of quaternary nitrogens is 1. The number of hydrogen-bond acceptors (Lipinski definition) is 4. The number of likely N-dealkylation sites (tertiary alicyclic amines) is 1. The number of fused-ring (bicyclic) bond motifs is 1. The molecule has 0 saturated carbocycles. The molecule has 5 nitrogen and oxygen atoms in total. The van der Waals surface area contributed by atoms with Crippen LogP contribution in [0.3, 0.4) is 0 Å². The Morgan fingerprint density at radius 1 is 1.27 bits per heavy atom. The van der Waals surface area contributed by atoms with Gasteiger partial charge in [-0.1, -0.05) is 23.4 Å². The maximum absolute atomic E-state index is 12.6. The number of aromatic nitrogens is 3. The molecule has 1 aliphatic heterocycles. The third-order valence-electron chi connectivity index (χ3n) is 4.35. The molecule has 6 heteroatoms. The zero-order valence-electron chi connectivity index (χ0n) is 12.1. The van der Waals surface area contributed by atoms with E-state index < -0.39 is 0 Å². The van der Waals surface area contributed by atoms with Crippen molar-refractivity contribution in [3.8, 4) is 0 Å². The fourth-order valence-corrected chi connectivity index (χ4v) is 4.17. The van der Waals surface area contributed by atoms with Crippen molar-refractivity contribution in [2.45, 2.75) is 25.6 Å². The lowest BCUT2D eigenvalue weighted by Gasteiger charge is -2.20. The third kappa shape index (κ3) is 2.34. The zero-order chi connectivity index (χ0) is 14.9. The number of nitrogens with one attached hydrogen (secondary N) is 1. The molecule has 0 spiro atoms. The van der Waals surface area contributed by atoms with Crippen LogP contribution in [0.2, 0.25) is 0 Å². The van der Waals surface area contributed by atoms with Crippen LogP contribution < -0.4 is 10.5 Å². The molecule has 0 bridgehead atoms. The van der Waals surface area contributed by atoms with Crippen LogP contribution in [0.15, 0.2) is 46.6 Å². The Balaban J connectivity index is 1.66. The molecule has 1 fully saturated rings. The summed E-state index contributed by atoms with van der Waals surface area (Å²) in [5.41, 5.74) is 0.616. The van der Waals surface area contributed by atoms with Crippen molar-refractivity contribution < 1.29 is 4.90 Å². The first kappa shape index (κ1) is 13.6. The van der Waals surface area contributed by atoms with Crippen LogP contribution in [0.5, 0.6) is 0 Å². The monoisotopic (exact) mass is 313 g/mol. The highest BCUT2D eigenvalue weighted by atomic mass is 32.1. The van der Waals surface area contributed by atoms with E-state index in [1.165, 1.54) is 27.3 Å². The van der Waals surface area contributed by atoms with Crippen LogP contribution in [0, 0.1) is 0 Å². The molecule has 0 aliphatic carbocycles. The number of rotatable bonds is 3. The SMILES string of the molecule is O=c1c2ccccc2nnn1C[NH+]1CCC[C@H]1c1cccs1. The van der Waals surface area contributed by atoms with Crippen molar-refractivity contribution >= 4 is 22.2 Å². The summed E-state index contributed by atoms with van der Waals surface area (Å²) in [6.07, 6.45) is 2.36. The Labute approximate surface area is 131 Å². The molecule has 2 aromatic heterocycles. The molecule has 1 N–H and O–H groups in total. The third-order valence-corrected chi connectivity index (χ3v) is 5.34. The topological polar surface area (TPSA) is 52.2 Å². The molecular formula is C16H17N4OS+. The van der Waals surface area contributed by atoms with E-state index in [-0.39, 0.29) is 5.56 Å². The van der Waals surface area contributed by atoms with Gasteiger partial charge in [0.05, 0.1) is 16.8 Å². The highest BCUT2D eigenvalue weighted by Gasteiger charge is 2.31. The summed E-state index contributed by atoms with van der Waals surface area (Å²) in [4.78, 5) is 15.4. The molecule has 2 atom stereocenters. The lowest BCUT2D eigenvalue weighted by Crippen LogP contribution is -3.09. The maximum Gasteiger partial charge on any atom is 0.282 e. The molecule has 3 aromatic rings.